The molecule has 0 heterocycles. The molecule has 128 valence electrons. The van der Waals surface area contributed by atoms with Crippen molar-refractivity contribution in [2.75, 3.05) is 0 Å². The Labute approximate surface area is 152 Å². The molecule has 25 heavy (non-hydrogen) atoms. The van der Waals surface area contributed by atoms with Crippen molar-refractivity contribution in [2.24, 2.45) is 0 Å². The summed E-state index contributed by atoms with van der Waals surface area (Å²) in [6.07, 6.45) is 2.33. The minimum absolute atomic E-state index is 0.0946. The number of benzene rings is 2. The second-order valence-corrected chi connectivity index (χ2v) is 5.56. The second kappa shape index (κ2) is 8.27. The van der Waals surface area contributed by atoms with E-state index in [0.29, 0.717) is 5.02 Å². The lowest BCUT2D eigenvalue weighted by Crippen LogP contribution is -2.40. The van der Waals surface area contributed by atoms with E-state index in [9.17, 15) is 19.7 Å². The first kappa shape index (κ1) is 18.4. The summed E-state index contributed by atoms with van der Waals surface area (Å²) in [5.74, 6) is -1.33. The quantitative estimate of drug-likeness (QED) is 0.482. The van der Waals surface area contributed by atoms with Gasteiger partial charge in [-0.3, -0.25) is 30.6 Å². The minimum Gasteiger partial charge on any atom is -0.268 e. The molecule has 9 heteroatoms. The Morgan fingerprint density at radius 1 is 1.08 bits per heavy atom. The number of hydrogen-bond donors (Lipinski definition) is 2. The van der Waals surface area contributed by atoms with Crippen molar-refractivity contribution >= 4 is 46.8 Å². The van der Waals surface area contributed by atoms with Gasteiger partial charge < -0.3 is 0 Å². The van der Waals surface area contributed by atoms with Crippen molar-refractivity contribution in [1.29, 1.82) is 0 Å². The summed E-state index contributed by atoms with van der Waals surface area (Å²) in [4.78, 5) is 34.0. The second-order valence-electron chi connectivity index (χ2n) is 4.72. The van der Waals surface area contributed by atoms with Crippen molar-refractivity contribution in [3.63, 3.8) is 0 Å². The van der Waals surface area contributed by atoms with Gasteiger partial charge in [0.05, 0.1) is 21.1 Å². The number of carbonyl (C=O) groups excluding carboxylic acids is 2. The van der Waals surface area contributed by atoms with E-state index in [-0.39, 0.29) is 21.8 Å². The lowest BCUT2D eigenvalue weighted by atomic mass is 10.1. The van der Waals surface area contributed by atoms with Crippen molar-refractivity contribution in [2.45, 2.75) is 0 Å². The molecule has 2 rings (SSSR count). The van der Waals surface area contributed by atoms with Gasteiger partial charge in [-0.2, -0.15) is 0 Å². The molecular weight excluding hydrogens is 369 g/mol. The van der Waals surface area contributed by atoms with Crippen LogP contribution in [0, 0.1) is 10.1 Å². The molecule has 0 aliphatic carbocycles. The van der Waals surface area contributed by atoms with Crippen LogP contribution in [-0.2, 0) is 4.79 Å². The zero-order valence-electron chi connectivity index (χ0n) is 12.5. The van der Waals surface area contributed by atoms with Crippen LogP contribution < -0.4 is 10.9 Å². The number of amides is 2. The molecule has 2 N–H and O–H groups in total. The Morgan fingerprint density at radius 2 is 1.80 bits per heavy atom. The molecule has 0 spiro atoms. The maximum atomic E-state index is 12.0. The Morgan fingerprint density at radius 3 is 2.52 bits per heavy atom. The van der Waals surface area contributed by atoms with E-state index in [1.807, 2.05) is 0 Å². The van der Waals surface area contributed by atoms with E-state index in [4.69, 9.17) is 23.2 Å². The first-order valence-electron chi connectivity index (χ1n) is 6.85. The van der Waals surface area contributed by atoms with Crippen molar-refractivity contribution in [3.8, 4) is 0 Å². The summed E-state index contributed by atoms with van der Waals surface area (Å²) >= 11 is 11.7. The van der Waals surface area contributed by atoms with Crippen molar-refractivity contribution in [1.82, 2.24) is 10.9 Å². The predicted octanol–water partition coefficient (Wildman–Crippen LogP) is 3.38. The fraction of sp³-hybridized carbons (Fsp3) is 0. The molecule has 7 nitrogen and oxygen atoms in total. The predicted molar refractivity (Wildman–Crippen MR) is 94.2 cm³/mol. The number of nitrogens with one attached hydrogen (secondary N) is 2. The van der Waals surface area contributed by atoms with Gasteiger partial charge in [0.1, 0.15) is 0 Å². The van der Waals surface area contributed by atoms with Gasteiger partial charge in [0.25, 0.3) is 17.5 Å². The van der Waals surface area contributed by atoms with Gasteiger partial charge in [-0.15, -0.1) is 0 Å². The van der Waals surface area contributed by atoms with Gasteiger partial charge in [-0.05, 0) is 30.3 Å². The summed E-state index contributed by atoms with van der Waals surface area (Å²) in [6.45, 7) is 0. The highest BCUT2D eigenvalue weighted by atomic mass is 35.5. The van der Waals surface area contributed by atoms with Crippen molar-refractivity contribution in [3.05, 3.63) is 79.8 Å². The smallest absolute Gasteiger partial charge is 0.268 e. The maximum Gasteiger partial charge on any atom is 0.276 e. The Kier molecular flexibility index (Phi) is 6.10. The third-order valence-corrected chi connectivity index (χ3v) is 3.58. The number of rotatable bonds is 4. The SMILES string of the molecule is O=C(/C=C/c1ccccc1[N+](=O)[O-])NNC(=O)c1cc(Cl)ccc1Cl. The molecule has 2 aromatic rings. The van der Waals surface area contributed by atoms with E-state index in [1.54, 1.807) is 6.07 Å². The number of carbonyl (C=O) groups is 2. The molecule has 0 aliphatic heterocycles. The molecule has 0 bridgehead atoms. The Hall–Kier alpha value is -2.90. The average molecular weight is 380 g/mol. The molecule has 0 saturated heterocycles. The van der Waals surface area contributed by atoms with Gasteiger partial charge in [0, 0.05) is 17.2 Å². The van der Waals surface area contributed by atoms with Gasteiger partial charge in [0.2, 0.25) is 0 Å². The molecule has 2 amide bonds. The number of para-hydroxylation sites is 1. The van der Waals surface area contributed by atoms with E-state index in [0.717, 1.165) is 6.08 Å². The van der Waals surface area contributed by atoms with Gasteiger partial charge in [-0.25, -0.2) is 0 Å². The lowest BCUT2D eigenvalue weighted by Gasteiger charge is -2.07. The van der Waals surface area contributed by atoms with Gasteiger partial charge >= 0.3 is 0 Å². The summed E-state index contributed by atoms with van der Waals surface area (Å²) in [5.41, 5.74) is 4.54. The van der Waals surface area contributed by atoms with Gasteiger partial charge in [-0.1, -0.05) is 35.3 Å². The van der Waals surface area contributed by atoms with Crippen LogP contribution in [0.25, 0.3) is 6.08 Å². The molecule has 0 atom stereocenters. The number of nitrogens with zero attached hydrogens (tertiary/aromatic N) is 1. The van der Waals surface area contributed by atoms with Crippen LogP contribution in [0.1, 0.15) is 15.9 Å². The first-order valence-corrected chi connectivity index (χ1v) is 7.61. The number of halogens is 2. The van der Waals surface area contributed by atoms with E-state index >= 15 is 0 Å². The Balaban J connectivity index is 2.00. The fourth-order valence-corrected chi connectivity index (χ4v) is 2.23. The monoisotopic (exact) mass is 379 g/mol. The first-order chi connectivity index (χ1) is 11.9. The summed E-state index contributed by atoms with van der Waals surface area (Å²) in [7, 11) is 0. The Bertz CT molecular complexity index is 868. The largest absolute Gasteiger partial charge is 0.276 e. The van der Waals surface area contributed by atoms with Crippen molar-refractivity contribution < 1.29 is 14.5 Å². The summed E-state index contributed by atoms with van der Waals surface area (Å²) in [6, 6.07) is 10.3. The van der Waals surface area contributed by atoms with E-state index < -0.39 is 16.7 Å². The van der Waals surface area contributed by atoms with Crippen LogP contribution in [0.5, 0.6) is 0 Å². The maximum absolute atomic E-state index is 12.0. The third kappa shape index (κ3) is 5.03. The molecule has 0 aliphatic rings. The van der Waals surface area contributed by atoms with Crippen LogP contribution >= 0.6 is 23.2 Å². The van der Waals surface area contributed by atoms with Crippen LogP contribution in [-0.4, -0.2) is 16.7 Å². The highest BCUT2D eigenvalue weighted by Crippen LogP contribution is 2.20. The van der Waals surface area contributed by atoms with Gasteiger partial charge in [0.15, 0.2) is 0 Å². The lowest BCUT2D eigenvalue weighted by molar-refractivity contribution is -0.385. The molecule has 0 radical (unpaired) electrons. The zero-order valence-corrected chi connectivity index (χ0v) is 14.0. The topological polar surface area (TPSA) is 101 Å². The van der Waals surface area contributed by atoms with Crippen LogP contribution in [0.2, 0.25) is 10.0 Å². The van der Waals surface area contributed by atoms with E-state index in [2.05, 4.69) is 10.9 Å². The third-order valence-electron chi connectivity index (χ3n) is 3.02. The molecular formula is C16H11Cl2N3O4. The molecule has 0 fully saturated rings. The zero-order chi connectivity index (χ0) is 18.4. The molecule has 0 aromatic heterocycles. The van der Waals surface area contributed by atoms with Crippen LogP contribution in [0.3, 0.4) is 0 Å². The summed E-state index contributed by atoms with van der Waals surface area (Å²) in [5, 5.41) is 11.4. The number of nitro benzene ring substituents is 1. The van der Waals surface area contributed by atoms with Crippen LogP contribution in [0.4, 0.5) is 5.69 Å². The average Bonchev–Trinajstić information content (AvgIpc) is 2.60. The normalized spacial score (nSPS) is 10.5. The molecule has 0 saturated carbocycles. The van der Waals surface area contributed by atoms with Crippen LogP contribution in [0.15, 0.2) is 48.5 Å². The highest BCUT2D eigenvalue weighted by Gasteiger charge is 2.12. The summed E-state index contributed by atoms with van der Waals surface area (Å²) < 4.78 is 0. The standard InChI is InChI=1S/C16H11Cl2N3O4/c17-11-6-7-13(18)12(9-11)16(23)20-19-15(22)8-5-10-3-1-2-4-14(10)21(24)25/h1-9H,(H,19,22)(H,20,23)/b8-5+. The number of nitro groups is 1. The molecule has 0 unspecified atom stereocenters. The minimum atomic E-state index is -0.676. The number of hydrogen-bond acceptors (Lipinski definition) is 4. The van der Waals surface area contributed by atoms with E-state index in [1.165, 1.54) is 42.5 Å². The molecule has 2 aromatic carbocycles. The highest BCUT2D eigenvalue weighted by molar-refractivity contribution is 6.35. The fourth-order valence-electron chi connectivity index (χ4n) is 1.86. The number of hydrazine groups is 1.